The third-order valence-electron chi connectivity index (χ3n) is 18.5. The first-order chi connectivity index (χ1) is 27.5. The van der Waals surface area contributed by atoms with Crippen molar-refractivity contribution in [1.82, 2.24) is 5.32 Å². The van der Waals surface area contributed by atoms with Crippen LogP contribution in [0.25, 0.3) is 0 Å². The highest BCUT2D eigenvalue weighted by atomic mass is 16.7. The molecular formula is C47H71NO10. The molecule has 11 nitrogen and oxygen atoms in total. The van der Waals surface area contributed by atoms with Gasteiger partial charge in [-0.1, -0.05) is 77.0 Å². The van der Waals surface area contributed by atoms with Gasteiger partial charge in [0.25, 0.3) is 0 Å². The lowest BCUT2D eigenvalue weighted by Gasteiger charge is -2.73. The SMILES string of the molecule is CNCc1ccc(CO[C@@H]2C[C@@]3(C)[C@H](CC[C@]4(C)[C@@H]3CC=C3[C@@H]5C[C@@](C)(CO)C[C@@H]6CCC[C@@H](C[C@@]65C(=O)O)[C@]34C)[C@](C)(CO)[C@@H]2O[C@@H]2OC[C@@H](O)[C@H](O)[C@H]2O)cc1. The fourth-order valence-corrected chi connectivity index (χ4v) is 15.4. The number of ether oxygens (including phenoxy) is 3. The van der Waals surface area contributed by atoms with Crippen LogP contribution in [0.3, 0.4) is 0 Å². The molecule has 58 heavy (non-hydrogen) atoms. The number of rotatable bonds is 10. The predicted octanol–water partition coefficient (Wildman–Crippen LogP) is 5.19. The summed E-state index contributed by atoms with van der Waals surface area (Å²) in [6.45, 7) is 12.4. The van der Waals surface area contributed by atoms with E-state index in [0.717, 1.165) is 57.1 Å². The zero-order chi connectivity index (χ0) is 41.6. The van der Waals surface area contributed by atoms with Crippen molar-refractivity contribution in [3.63, 3.8) is 0 Å². The van der Waals surface area contributed by atoms with Gasteiger partial charge in [-0.05, 0) is 127 Å². The first-order valence-electron chi connectivity index (χ1n) is 22.3. The molecule has 17 atom stereocenters. The quantitative estimate of drug-likeness (QED) is 0.122. The summed E-state index contributed by atoms with van der Waals surface area (Å²) in [6.07, 6.45) is 4.09. The number of carboxylic acid groups (broad SMARTS) is 1. The van der Waals surface area contributed by atoms with Crippen LogP contribution in [0, 0.1) is 62.1 Å². The molecule has 1 heterocycles. The van der Waals surface area contributed by atoms with Crippen LogP contribution in [0.2, 0.25) is 0 Å². The van der Waals surface area contributed by atoms with E-state index in [-0.39, 0.29) is 71.1 Å². The minimum Gasteiger partial charge on any atom is -0.481 e. The molecule has 5 saturated carbocycles. The van der Waals surface area contributed by atoms with E-state index in [0.29, 0.717) is 25.9 Å². The highest BCUT2D eigenvalue weighted by molar-refractivity contribution is 5.77. The number of carboxylic acids is 1. The Kier molecular flexibility index (Phi) is 11.2. The molecule has 1 aromatic rings. The molecule has 7 N–H and O–H groups in total. The van der Waals surface area contributed by atoms with Crippen molar-refractivity contribution in [2.45, 2.75) is 149 Å². The Morgan fingerprint density at radius 2 is 1.59 bits per heavy atom. The third kappa shape index (κ3) is 6.17. The Balaban J connectivity index is 1.19. The van der Waals surface area contributed by atoms with E-state index < -0.39 is 53.6 Å². The van der Waals surface area contributed by atoms with Crippen molar-refractivity contribution in [3.05, 3.63) is 47.0 Å². The summed E-state index contributed by atoms with van der Waals surface area (Å²) >= 11 is 0. The van der Waals surface area contributed by atoms with Gasteiger partial charge in [0, 0.05) is 18.6 Å². The average Bonchev–Trinajstić information content (AvgIpc) is 3.39. The topological polar surface area (TPSA) is 178 Å². The van der Waals surface area contributed by atoms with Crippen molar-refractivity contribution in [3.8, 4) is 0 Å². The second-order valence-corrected chi connectivity index (χ2v) is 21.3. The minimum absolute atomic E-state index is 0.0103. The van der Waals surface area contributed by atoms with Crippen LogP contribution in [0.4, 0.5) is 0 Å². The fraction of sp³-hybridized carbons (Fsp3) is 0.809. The van der Waals surface area contributed by atoms with Gasteiger partial charge < -0.3 is 50.2 Å². The normalized spacial score (nSPS) is 49.8. The summed E-state index contributed by atoms with van der Waals surface area (Å²) in [7, 11) is 1.92. The van der Waals surface area contributed by atoms with Crippen LogP contribution in [-0.4, -0.2) is 100 Å². The minimum atomic E-state index is -1.48. The lowest BCUT2D eigenvalue weighted by Crippen LogP contribution is -2.70. The Morgan fingerprint density at radius 3 is 2.26 bits per heavy atom. The number of hydrogen-bond donors (Lipinski definition) is 7. The molecule has 0 radical (unpaired) electrons. The molecule has 8 rings (SSSR count). The maximum Gasteiger partial charge on any atom is 0.310 e. The van der Waals surface area contributed by atoms with Gasteiger partial charge in [0.2, 0.25) is 0 Å². The van der Waals surface area contributed by atoms with E-state index >= 15 is 0 Å². The smallest absolute Gasteiger partial charge is 0.310 e. The van der Waals surface area contributed by atoms with Crippen LogP contribution in [0.5, 0.6) is 0 Å². The van der Waals surface area contributed by atoms with E-state index in [1.54, 1.807) is 0 Å². The summed E-state index contributed by atoms with van der Waals surface area (Å²) in [5.74, 6) is -0.301. The number of fused-ring (bicyclic) bond motifs is 8. The Hall–Kier alpha value is -1.93. The summed E-state index contributed by atoms with van der Waals surface area (Å²) in [4.78, 5) is 13.7. The summed E-state index contributed by atoms with van der Waals surface area (Å²) in [5, 5.41) is 68.8. The van der Waals surface area contributed by atoms with Crippen LogP contribution in [0.15, 0.2) is 35.9 Å². The summed E-state index contributed by atoms with van der Waals surface area (Å²) < 4.78 is 19.5. The maximum atomic E-state index is 13.7. The molecule has 324 valence electrons. The maximum absolute atomic E-state index is 13.7. The highest BCUT2D eigenvalue weighted by Gasteiger charge is 2.74. The number of aliphatic carboxylic acids is 1. The summed E-state index contributed by atoms with van der Waals surface area (Å²) in [6, 6.07) is 8.32. The molecule has 6 fully saturated rings. The average molecular weight is 810 g/mol. The molecule has 1 saturated heterocycles. The second-order valence-electron chi connectivity index (χ2n) is 21.3. The largest absolute Gasteiger partial charge is 0.481 e. The van der Waals surface area contributed by atoms with Crippen molar-refractivity contribution < 1.29 is 49.6 Å². The van der Waals surface area contributed by atoms with Crippen molar-refractivity contribution in [1.29, 1.82) is 0 Å². The van der Waals surface area contributed by atoms with Gasteiger partial charge >= 0.3 is 5.97 Å². The van der Waals surface area contributed by atoms with E-state index in [9.17, 15) is 35.4 Å². The number of allylic oxidation sites excluding steroid dienone is 2. The number of carbonyl (C=O) groups is 1. The van der Waals surface area contributed by atoms with Gasteiger partial charge in [0.05, 0.1) is 37.4 Å². The fourth-order valence-electron chi connectivity index (χ4n) is 15.4. The molecule has 2 bridgehead atoms. The first kappa shape index (κ1) is 42.7. The molecule has 7 aliphatic rings. The molecule has 6 aliphatic carbocycles. The molecule has 0 aromatic heterocycles. The van der Waals surface area contributed by atoms with Gasteiger partial charge in [0.1, 0.15) is 18.3 Å². The molecule has 0 unspecified atom stereocenters. The van der Waals surface area contributed by atoms with Gasteiger partial charge in [-0.2, -0.15) is 0 Å². The molecule has 11 heteroatoms. The number of aliphatic hydroxyl groups excluding tert-OH is 5. The Morgan fingerprint density at radius 1 is 0.879 bits per heavy atom. The molecular weight excluding hydrogens is 739 g/mol. The van der Waals surface area contributed by atoms with Gasteiger partial charge in [-0.15, -0.1) is 0 Å². The van der Waals surface area contributed by atoms with Crippen LogP contribution in [-0.2, 0) is 32.2 Å². The molecule has 0 spiro atoms. The lowest BCUT2D eigenvalue weighted by atomic mass is 9.31. The third-order valence-corrected chi connectivity index (χ3v) is 18.5. The zero-order valence-corrected chi connectivity index (χ0v) is 35.7. The molecule has 0 amide bonds. The number of aliphatic hydroxyl groups is 5. The van der Waals surface area contributed by atoms with E-state index in [1.165, 1.54) is 11.1 Å². The van der Waals surface area contributed by atoms with E-state index in [4.69, 9.17) is 14.2 Å². The Bertz CT molecular complexity index is 1720. The van der Waals surface area contributed by atoms with Crippen LogP contribution >= 0.6 is 0 Å². The molecule has 1 aliphatic heterocycles. The zero-order valence-electron chi connectivity index (χ0n) is 35.7. The monoisotopic (exact) mass is 810 g/mol. The predicted molar refractivity (Wildman–Crippen MR) is 217 cm³/mol. The lowest BCUT2D eigenvalue weighted by molar-refractivity contribution is -0.333. The van der Waals surface area contributed by atoms with E-state index in [2.05, 4.69) is 70.3 Å². The summed E-state index contributed by atoms with van der Waals surface area (Å²) in [5.41, 5.74) is 0.808. The van der Waals surface area contributed by atoms with Gasteiger partial charge in [0.15, 0.2) is 6.29 Å². The standard InChI is InChI=1S/C47H71NO10/c1-42(25-49)18-30-9-7-8-29-19-47(30,41(54)55)32(20-42)31-14-15-36-43(2)21-34(56-23-28-12-10-27(11-13-28)22-48-6)39(58-40-38(53)37(52)33(51)24-57-40)44(3,26-50)35(43)16-17-45(36,4)46(29,31)5/h10-14,29-30,32-40,48-53H,7-9,15-26H2,1-6H3,(H,54,55)/t29-,30-,32-,33+,34+,35-,36+,37-,38+,39+,40-,42-,43-,44-,45+,46+,47+/m0/s1. The van der Waals surface area contributed by atoms with Gasteiger partial charge in [-0.3, -0.25) is 4.79 Å². The van der Waals surface area contributed by atoms with Crippen molar-refractivity contribution in [2.75, 3.05) is 26.9 Å². The first-order valence-corrected chi connectivity index (χ1v) is 22.3. The van der Waals surface area contributed by atoms with Gasteiger partial charge in [-0.25, -0.2) is 0 Å². The van der Waals surface area contributed by atoms with Crippen molar-refractivity contribution in [2.24, 2.45) is 62.1 Å². The molecule has 1 aromatic carbocycles. The number of benzene rings is 1. The van der Waals surface area contributed by atoms with Crippen LogP contribution < -0.4 is 5.32 Å². The van der Waals surface area contributed by atoms with Crippen LogP contribution in [0.1, 0.15) is 110 Å². The number of hydrogen-bond acceptors (Lipinski definition) is 10. The highest BCUT2D eigenvalue weighted by Crippen LogP contribution is 2.78. The number of nitrogens with one attached hydrogen (secondary N) is 1. The second kappa shape index (κ2) is 15.2. The Labute approximate surface area is 344 Å². The van der Waals surface area contributed by atoms with Crippen molar-refractivity contribution >= 4 is 5.97 Å². The van der Waals surface area contributed by atoms with E-state index in [1.807, 2.05) is 7.05 Å².